The lowest BCUT2D eigenvalue weighted by Crippen LogP contribution is -2.06. The van der Waals surface area contributed by atoms with Gasteiger partial charge in [-0.15, -0.1) is 0 Å². The molecule has 2 rings (SSSR count). The molecule has 0 saturated carbocycles. The van der Waals surface area contributed by atoms with Crippen LogP contribution in [0.4, 0.5) is 0 Å². The van der Waals surface area contributed by atoms with Crippen LogP contribution in [0.3, 0.4) is 0 Å². The smallest absolute Gasteiger partial charge is 0.130 e. The molecule has 76 valence electrons. The second-order valence-electron chi connectivity index (χ2n) is 3.13. The number of hydrogen-bond acceptors (Lipinski definition) is 4. The van der Waals surface area contributed by atoms with E-state index >= 15 is 0 Å². The Kier molecular flexibility index (Phi) is 2.99. The van der Waals surface area contributed by atoms with Gasteiger partial charge in [0, 0.05) is 30.6 Å². The van der Waals surface area contributed by atoms with Gasteiger partial charge in [0.05, 0.1) is 5.69 Å². The van der Waals surface area contributed by atoms with Gasteiger partial charge in [-0.05, 0) is 24.7 Å². The van der Waals surface area contributed by atoms with Gasteiger partial charge in [-0.1, -0.05) is 0 Å². The molecule has 15 heavy (non-hydrogen) atoms. The molecule has 2 N–H and O–H groups in total. The minimum atomic E-state index is 0.569. The molecule has 0 radical (unpaired) electrons. The summed E-state index contributed by atoms with van der Waals surface area (Å²) in [4.78, 5) is 12.5. The predicted molar refractivity (Wildman–Crippen MR) is 58.0 cm³/mol. The first kappa shape index (κ1) is 9.73. The molecule has 0 saturated heterocycles. The number of pyridine rings is 1. The number of rotatable bonds is 3. The number of hydrogen-bond donors (Lipinski definition) is 1. The zero-order valence-electron chi connectivity index (χ0n) is 8.30. The Hall–Kier alpha value is -1.81. The topological polar surface area (TPSA) is 64.7 Å². The molecule has 0 bridgehead atoms. The minimum Gasteiger partial charge on any atom is -0.330 e. The summed E-state index contributed by atoms with van der Waals surface area (Å²) < 4.78 is 0. The van der Waals surface area contributed by atoms with Crippen LogP contribution in [0.15, 0.2) is 36.8 Å². The summed E-state index contributed by atoms with van der Waals surface area (Å²) in [6.07, 6.45) is 5.97. The average molecular weight is 200 g/mol. The molecule has 0 aromatic carbocycles. The highest BCUT2D eigenvalue weighted by molar-refractivity contribution is 5.57. The molecule has 0 fully saturated rings. The lowest BCUT2D eigenvalue weighted by molar-refractivity contribution is 0.869. The van der Waals surface area contributed by atoms with Gasteiger partial charge >= 0.3 is 0 Å². The van der Waals surface area contributed by atoms with Crippen molar-refractivity contribution < 1.29 is 0 Å². The molecule has 2 aromatic rings. The van der Waals surface area contributed by atoms with Gasteiger partial charge in [-0.2, -0.15) is 0 Å². The molecular weight excluding hydrogens is 188 g/mol. The maximum atomic E-state index is 5.46. The van der Waals surface area contributed by atoms with Gasteiger partial charge in [0.1, 0.15) is 5.82 Å². The highest BCUT2D eigenvalue weighted by Crippen LogP contribution is 2.14. The quantitative estimate of drug-likeness (QED) is 0.804. The zero-order valence-corrected chi connectivity index (χ0v) is 8.30. The summed E-state index contributed by atoms with van der Waals surface area (Å²) in [7, 11) is 0. The molecular formula is C11H12N4. The van der Waals surface area contributed by atoms with Crippen LogP contribution >= 0.6 is 0 Å². The number of nitrogens with zero attached hydrogens (tertiary/aromatic N) is 3. The number of nitrogens with two attached hydrogens (primary N) is 1. The number of aromatic nitrogens is 3. The van der Waals surface area contributed by atoms with Crippen LogP contribution in [0, 0.1) is 0 Å². The van der Waals surface area contributed by atoms with E-state index in [1.165, 1.54) is 0 Å². The Morgan fingerprint density at radius 1 is 1.07 bits per heavy atom. The molecule has 0 atom stereocenters. The van der Waals surface area contributed by atoms with Crippen molar-refractivity contribution in [1.29, 1.82) is 0 Å². The Labute approximate surface area is 88.2 Å². The summed E-state index contributed by atoms with van der Waals surface area (Å²) in [5.74, 6) is 0.784. The SMILES string of the molecule is NCCc1nccc(-c2ccncc2)n1. The van der Waals surface area contributed by atoms with Crippen LogP contribution in [-0.4, -0.2) is 21.5 Å². The van der Waals surface area contributed by atoms with Crippen LogP contribution in [-0.2, 0) is 6.42 Å². The Morgan fingerprint density at radius 2 is 1.87 bits per heavy atom. The minimum absolute atomic E-state index is 0.569. The van der Waals surface area contributed by atoms with E-state index in [0.29, 0.717) is 13.0 Å². The monoisotopic (exact) mass is 200 g/mol. The van der Waals surface area contributed by atoms with Gasteiger partial charge in [0.2, 0.25) is 0 Å². The van der Waals surface area contributed by atoms with Crippen LogP contribution in [0.2, 0.25) is 0 Å². The first-order valence-electron chi connectivity index (χ1n) is 4.82. The summed E-state index contributed by atoms with van der Waals surface area (Å²) in [5, 5.41) is 0. The molecule has 0 unspecified atom stereocenters. The van der Waals surface area contributed by atoms with Gasteiger partial charge in [-0.3, -0.25) is 4.98 Å². The molecule has 0 aliphatic rings. The third-order valence-electron chi connectivity index (χ3n) is 2.05. The van der Waals surface area contributed by atoms with E-state index in [1.807, 2.05) is 18.2 Å². The lowest BCUT2D eigenvalue weighted by atomic mass is 10.2. The Balaban J connectivity index is 2.33. The predicted octanol–water partition coefficient (Wildman–Crippen LogP) is 1.04. The van der Waals surface area contributed by atoms with Gasteiger partial charge in [0.15, 0.2) is 0 Å². The summed E-state index contributed by atoms with van der Waals surface area (Å²) in [6, 6.07) is 5.73. The molecule has 2 heterocycles. The Morgan fingerprint density at radius 3 is 2.60 bits per heavy atom. The molecule has 0 aliphatic heterocycles. The highest BCUT2D eigenvalue weighted by atomic mass is 14.9. The normalized spacial score (nSPS) is 10.2. The van der Waals surface area contributed by atoms with Gasteiger partial charge in [-0.25, -0.2) is 9.97 Å². The highest BCUT2D eigenvalue weighted by Gasteiger charge is 2.00. The van der Waals surface area contributed by atoms with Crippen molar-refractivity contribution in [2.24, 2.45) is 5.73 Å². The zero-order chi connectivity index (χ0) is 10.5. The molecule has 0 amide bonds. The fraction of sp³-hybridized carbons (Fsp3) is 0.182. The van der Waals surface area contributed by atoms with Crippen molar-refractivity contribution in [3.8, 4) is 11.3 Å². The van der Waals surface area contributed by atoms with Crippen molar-refractivity contribution in [2.45, 2.75) is 6.42 Å². The van der Waals surface area contributed by atoms with Crippen molar-refractivity contribution in [2.75, 3.05) is 6.54 Å². The summed E-state index contributed by atoms with van der Waals surface area (Å²) >= 11 is 0. The van der Waals surface area contributed by atoms with E-state index in [2.05, 4.69) is 15.0 Å². The van der Waals surface area contributed by atoms with Crippen LogP contribution in [0.5, 0.6) is 0 Å². The van der Waals surface area contributed by atoms with Gasteiger partial charge in [0.25, 0.3) is 0 Å². The van der Waals surface area contributed by atoms with E-state index in [9.17, 15) is 0 Å². The maximum absolute atomic E-state index is 5.46. The van der Waals surface area contributed by atoms with Crippen LogP contribution in [0.25, 0.3) is 11.3 Å². The standard InChI is InChI=1S/C11H12N4/c12-5-1-11-14-8-4-10(15-11)9-2-6-13-7-3-9/h2-4,6-8H,1,5,12H2. The van der Waals surface area contributed by atoms with Crippen molar-refractivity contribution in [1.82, 2.24) is 15.0 Å². The summed E-state index contributed by atoms with van der Waals surface area (Å²) in [5.41, 5.74) is 7.42. The second kappa shape index (κ2) is 4.61. The first-order valence-corrected chi connectivity index (χ1v) is 4.82. The van der Waals surface area contributed by atoms with E-state index in [1.54, 1.807) is 18.6 Å². The fourth-order valence-electron chi connectivity index (χ4n) is 1.33. The third-order valence-corrected chi connectivity index (χ3v) is 2.05. The maximum Gasteiger partial charge on any atom is 0.130 e. The fourth-order valence-corrected chi connectivity index (χ4v) is 1.33. The van der Waals surface area contributed by atoms with Gasteiger partial charge < -0.3 is 5.73 Å². The molecule has 0 spiro atoms. The van der Waals surface area contributed by atoms with E-state index < -0.39 is 0 Å². The second-order valence-corrected chi connectivity index (χ2v) is 3.13. The average Bonchev–Trinajstić information content (AvgIpc) is 2.31. The first-order chi connectivity index (χ1) is 7.40. The van der Waals surface area contributed by atoms with Crippen molar-refractivity contribution >= 4 is 0 Å². The van der Waals surface area contributed by atoms with Crippen LogP contribution < -0.4 is 5.73 Å². The summed E-state index contributed by atoms with van der Waals surface area (Å²) in [6.45, 7) is 0.569. The van der Waals surface area contributed by atoms with Crippen LogP contribution in [0.1, 0.15) is 5.82 Å². The third kappa shape index (κ3) is 2.35. The van der Waals surface area contributed by atoms with Crippen molar-refractivity contribution in [3.05, 3.63) is 42.6 Å². The van der Waals surface area contributed by atoms with E-state index in [0.717, 1.165) is 17.1 Å². The molecule has 0 aliphatic carbocycles. The van der Waals surface area contributed by atoms with Crippen molar-refractivity contribution in [3.63, 3.8) is 0 Å². The molecule has 4 nitrogen and oxygen atoms in total. The van der Waals surface area contributed by atoms with E-state index in [4.69, 9.17) is 5.73 Å². The molecule has 4 heteroatoms. The largest absolute Gasteiger partial charge is 0.330 e. The van der Waals surface area contributed by atoms with E-state index in [-0.39, 0.29) is 0 Å². The molecule has 2 aromatic heterocycles. The Bertz CT molecular complexity index is 428. The lowest BCUT2D eigenvalue weighted by Gasteiger charge is -2.02.